The fourth-order valence-electron chi connectivity index (χ4n) is 3.44. The minimum absolute atomic E-state index is 0. The van der Waals surface area contributed by atoms with E-state index in [1.165, 1.54) is 5.57 Å². The average molecular weight is 441 g/mol. The Labute approximate surface area is 181 Å². The van der Waals surface area contributed by atoms with Crippen LogP contribution >= 0.6 is 7.14 Å². The Hall–Kier alpha value is -0.786. The predicted octanol–water partition coefficient (Wildman–Crippen LogP) is 4.27. The van der Waals surface area contributed by atoms with Gasteiger partial charge in [0.05, 0.1) is 6.10 Å². The topological polar surface area (TPSA) is 37.3 Å². The fourth-order valence-corrected chi connectivity index (χ4v) is 5.98. The first kappa shape index (κ1) is 21.5. The molecule has 2 nitrogen and oxygen atoms in total. The van der Waals surface area contributed by atoms with Crippen molar-refractivity contribution in [3.8, 4) is 0 Å². The normalized spacial score (nSPS) is 22.1. The fraction of sp³-hybridized carbons (Fsp3) is 0.273. The molecule has 0 unspecified atom stereocenters. The molecule has 0 saturated heterocycles. The molecule has 0 spiro atoms. The van der Waals surface area contributed by atoms with Crippen molar-refractivity contribution in [2.75, 3.05) is 6.16 Å². The number of aliphatic hydroxyl groups excluding tert-OH is 1. The van der Waals surface area contributed by atoms with Crippen LogP contribution in [0.2, 0.25) is 0 Å². The summed E-state index contributed by atoms with van der Waals surface area (Å²) in [5.74, 6) is 0.267. The van der Waals surface area contributed by atoms with Crippen molar-refractivity contribution in [1.82, 2.24) is 0 Å². The molecule has 1 fully saturated rings. The Kier molecular flexibility index (Phi) is 7.80. The van der Waals surface area contributed by atoms with E-state index in [1.54, 1.807) is 0 Å². The Morgan fingerprint density at radius 3 is 2.00 bits per heavy atom. The van der Waals surface area contributed by atoms with Crippen LogP contribution in [-0.2, 0) is 37.3 Å². The number of hydrogen-bond donors (Lipinski definition) is 1. The van der Waals surface area contributed by atoms with Gasteiger partial charge in [-0.3, -0.25) is 0 Å². The molecule has 1 aliphatic carbocycles. The van der Waals surface area contributed by atoms with Crippen LogP contribution < -0.4 is 10.6 Å². The van der Waals surface area contributed by atoms with Gasteiger partial charge in [-0.1, -0.05) is 85.8 Å². The van der Waals surface area contributed by atoms with E-state index in [0.29, 0.717) is 12.6 Å². The van der Waals surface area contributed by atoms with Gasteiger partial charge in [-0.05, 0) is 24.3 Å². The molecule has 1 aliphatic rings. The predicted molar refractivity (Wildman–Crippen MR) is 106 cm³/mol. The second-order valence-corrected chi connectivity index (χ2v) is 9.73. The molecule has 0 amide bonds. The molecule has 0 aromatic heterocycles. The summed E-state index contributed by atoms with van der Waals surface area (Å²) >= 11 is 0. The zero-order valence-electron chi connectivity index (χ0n) is 15.2. The zero-order chi connectivity index (χ0) is 17.9. The van der Waals surface area contributed by atoms with Gasteiger partial charge in [-0.25, -0.2) is 0 Å². The van der Waals surface area contributed by atoms with Crippen molar-refractivity contribution in [2.45, 2.75) is 25.9 Å². The third kappa shape index (κ3) is 4.73. The van der Waals surface area contributed by atoms with Crippen LogP contribution in [0.4, 0.5) is 0 Å². The summed E-state index contributed by atoms with van der Waals surface area (Å²) in [6, 6.07) is 19.5. The number of aliphatic hydroxyl groups is 1. The van der Waals surface area contributed by atoms with Crippen molar-refractivity contribution < 1.29 is 42.4 Å². The van der Waals surface area contributed by atoms with E-state index >= 15 is 0 Å². The molecule has 1 saturated carbocycles. The van der Waals surface area contributed by atoms with Crippen LogP contribution in [0.5, 0.6) is 0 Å². The Morgan fingerprint density at radius 1 is 1.04 bits per heavy atom. The first-order valence-corrected chi connectivity index (χ1v) is 10.6. The minimum Gasteiger partial charge on any atom is -0.388 e. The van der Waals surface area contributed by atoms with Gasteiger partial charge in [0, 0.05) is 49.5 Å². The molecule has 0 bridgehead atoms. The van der Waals surface area contributed by atoms with E-state index in [1.807, 2.05) is 60.7 Å². The van der Waals surface area contributed by atoms with Crippen molar-refractivity contribution in [3.63, 3.8) is 0 Å². The largest absolute Gasteiger partial charge is 0.388 e. The molecule has 2 atom stereocenters. The summed E-state index contributed by atoms with van der Waals surface area (Å²) in [4.78, 5) is 0. The summed E-state index contributed by atoms with van der Waals surface area (Å²) in [5, 5.41) is 11.9. The maximum Gasteiger partial charge on any atom is 0.146 e. The van der Waals surface area contributed by atoms with Gasteiger partial charge >= 0.3 is 0 Å². The van der Waals surface area contributed by atoms with E-state index in [-0.39, 0.29) is 38.6 Å². The summed E-state index contributed by atoms with van der Waals surface area (Å²) in [5.41, 5.74) is 2.09. The van der Waals surface area contributed by atoms with E-state index in [2.05, 4.69) is 19.6 Å². The van der Waals surface area contributed by atoms with Crippen LogP contribution in [-0.4, -0.2) is 17.4 Å². The number of benzene rings is 2. The smallest absolute Gasteiger partial charge is 0.146 e. The van der Waals surface area contributed by atoms with Gasteiger partial charge in [0.1, 0.15) is 7.14 Å². The third-order valence-electron chi connectivity index (χ3n) is 5.07. The quantitative estimate of drug-likeness (QED) is 0.569. The third-order valence-corrected chi connectivity index (χ3v) is 8.03. The number of hydrogen-bond acceptors (Lipinski definition) is 2. The Balaban J connectivity index is 0.00000243. The van der Waals surface area contributed by atoms with E-state index in [0.717, 1.165) is 22.6 Å². The molecule has 1 N–H and O–H groups in total. The molecule has 4 heteroatoms. The van der Waals surface area contributed by atoms with Crippen LogP contribution in [0, 0.1) is 5.92 Å². The second kappa shape index (κ2) is 9.42. The van der Waals surface area contributed by atoms with Crippen molar-refractivity contribution in [3.05, 3.63) is 84.5 Å². The number of allylic oxidation sites excluding steroid dienone is 1. The molecule has 3 rings (SSSR count). The zero-order valence-corrected chi connectivity index (χ0v) is 18.9. The molecule has 2 aromatic carbocycles. The van der Waals surface area contributed by atoms with Gasteiger partial charge in [0.25, 0.3) is 0 Å². The molecule has 0 aliphatic heterocycles. The van der Waals surface area contributed by atoms with Crippen LogP contribution in [0.3, 0.4) is 0 Å². The van der Waals surface area contributed by atoms with E-state index < -0.39 is 13.2 Å². The average Bonchev–Trinajstić information content (AvgIpc) is 2.65. The second-order valence-electron chi connectivity index (χ2n) is 6.86. The van der Waals surface area contributed by atoms with Gasteiger partial charge in [-0.2, -0.15) is 0 Å². The standard InChI is InChI=1S/C22H25O2P.Y/c1-17-15-19(16-22(23)18(17)2)13-14-25(24,20-9-5-3-6-10-20)21-11-7-4-8-12-21;/h3-13,17,22-23H,2,14-16H2,1H3;/b19-13-;/t17-,22-;/m1./s1. The Morgan fingerprint density at radius 2 is 1.54 bits per heavy atom. The van der Waals surface area contributed by atoms with Gasteiger partial charge in [0.15, 0.2) is 0 Å². The summed E-state index contributed by atoms with van der Waals surface area (Å²) in [7, 11) is -2.73. The molecule has 26 heavy (non-hydrogen) atoms. The molecule has 1 radical (unpaired) electrons. The maximum absolute atomic E-state index is 14.0. The van der Waals surface area contributed by atoms with Gasteiger partial charge in [0.2, 0.25) is 0 Å². The molecular formula is C22H25O2PY. The summed E-state index contributed by atoms with van der Waals surface area (Å²) in [6.45, 7) is 6.07. The minimum atomic E-state index is -2.73. The maximum atomic E-state index is 14.0. The first-order chi connectivity index (χ1) is 12.0. The van der Waals surface area contributed by atoms with Gasteiger partial charge < -0.3 is 9.67 Å². The van der Waals surface area contributed by atoms with Crippen LogP contribution in [0.1, 0.15) is 19.8 Å². The van der Waals surface area contributed by atoms with E-state index in [9.17, 15) is 9.67 Å². The molecular weight excluding hydrogens is 416 g/mol. The summed E-state index contributed by atoms with van der Waals surface area (Å²) < 4.78 is 14.0. The first-order valence-electron chi connectivity index (χ1n) is 8.75. The number of rotatable bonds is 4. The molecule has 0 heterocycles. The van der Waals surface area contributed by atoms with Crippen molar-refractivity contribution in [2.24, 2.45) is 5.92 Å². The Bertz CT molecular complexity index is 755. The monoisotopic (exact) mass is 441 g/mol. The molecule has 2 aromatic rings. The summed E-state index contributed by atoms with van der Waals surface area (Å²) in [6.07, 6.45) is 3.59. The van der Waals surface area contributed by atoms with Crippen molar-refractivity contribution >= 4 is 17.8 Å². The van der Waals surface area contributed by atoms with Crippen LogP contribution in [0.25, 0.3) is 0 Å². The van der Waals surface area contributed by atoms with Crippen molar-refractivity contribution in [1.29, 1.82) is 0 Å². The van der Waals surface area contributed by atoms with Crippen LogP contribution in [0.15, 0.2) is 84.5 Å². The van der Waals surface area contributed by atoms with Gasteiger partial charge in [-0.15, -0.1) is 0 Å². The van der Waals surface area contributed by atoms with E-state index in [4.69, 9.17) is 0 Å². The molecule has 133 valence electrons. The SMILES string of the molecule is C=C1[C@H](C)C/C(=C/CP(=O)(c2ccccc2)c2ccccc2)C[C@H]1O.[Y].